The average molecular weight is 192 g/mol. The molecule has 1 aliphatic rings. The Morgan fingerprint density at radius 2 is 2.43 bits per heavy atom. The molecule has 3 heteroatoms. The molecule has 1 aromatic heterocycles. The quantitative estimate of drug-likeness (QED) is 0.771. The first-order valence-corrected chi connectivity index (χ1v) is 5.14. The van der Waals surface area contributed by atoms with E-state index in [4.69, 9.17) is 4.74 Å². The normalized spacial score (nSPS) is 21.9. The smallest absolute Gasteiger partial charge is 0.213 e. The summed E-state index contributed by atoms with van der Waals surface area (Å²) in [7, 11) is 0. The van der Waals surface area contributed by atoms with Crippen LogP contribution in [0.5, 0.6) is 5.88 Å². The summed E-state index contributed by atoms with van der Waals surface area (Å²) in [4.78, 5) is 4.22. The summed E-state index contributed by atoms with van der Waals surface area (Å²) in [6.45, 7) is 4.08. The van der Waals surface area contributed by atoms with Gasteiger partial charge in [-0.05, 0) is 31.9 Å². The van der Waals surface area contributed by atoms with Crippen molar-refractivity contribution in [3.8, 4) is 5.88 Å². The van der Waals surface area contributed by atoms with E-state index in [0.717, 1.165) is 25.4 Å². The van der Waals surface area contributed by atoms with Crippen LogP contribution < -0.4 is 10.1 Å². The highest BCUT2D eigenvalue weighted by atomic mass is 16.5. The van der Waals surface area contributed by atoms with E-state index in [9.17, 15) is 0 Å². The number of rotatable bonds is 2. The Balaban J connectivity index is 1.92. The van der Waals surface area contributed by atoms with Crippen molar-refractivity contribution in [2.24, 2.45) is 0 Å². The predicted molar refractivity (Wildman–Crippen MR) is 55.5 cm³/mol. The lowest BCUT2D eigenvalue weighted by Gasteiger charge is -2.23. The Labute approximate surface area is 84.5 Å². The molecule has 0 unspecified atom stereocenters. The molecule has 0 amide bonds. The molecule has 1 aliphatic heterocycles. The van der Waals surface area contributed by atoms with Crippen molar-refractivity contribution in [1.29, 1.82) is 0 Å². The Morgan fingerprint density at radius 1 is 1.50 bits per heavy atom. The van der Waals surface area contributed by atoms with Crippen LogP contribution in [0.2, 0.25) is 0 Å². The maximum Gasteiger partial charge on any atom is 0.213 e. The molecule has 1 saturated heterocycles. The molecule has 1 N–H and O–H groups in total. The summed E-state index contributed by atoms with van der Waals surface area (Å²) in [6, 6.07) is 3.96. The molecule has 2 heterocycles. The van der Waals surface area contributed by atoms with Gasteiger partial charge in [0.2, 0.25) is 5.88 Å². The Morgan fingerprint density at radius 3 is 3.07 bits per heavy atom. The Hall–Kier alpha value is -1.09. The van der Waals surface area contributed by atoms with Gasteiger partial charge in [0.15, 0.2) is 0 Å². The number of aryl methyl sites for hydroxylation is 1. The van der Waals surface area contributed by atoms with Crippen molar-refractivity contribution in [2.75, 3.05) is 13.1 Å². The van der Waals surface area contributed by atoms with Crippen LogP contribution in [0.3, 0.4) is 0 Å². The SMILES string of the molecule is Cc1ccc(O[C@@H]2CCCNC2)nc1. The zero-order valence-electron chi connectivity index (χ0n) is 8.49. The molecular weight excluding hydrogens is 176 g/mol. The van der Waals surface area contributed by atoms with E-state index in [1.165, 1.54) is 12.0 Å². The molecule has 0 spiro atoms. The molecule has 0 saturated carbocycles. The lowest BCUT2D eigenvalue weighted by Crippen LogP contribution is -2.37. The minimum absolute atomic E-state index is 0.291. The first-order chi connectivity index (χ1) is 6.84. The van der Waals surface area contributed by atoms with Crippen LogP contribution in [-0.4, -0.2) is 24.2 Å². The summed E-state index contributed by atoms with van der Waals surface area (Å²) < 4.78 is 5.74. The van der Waals surface area contributed by atoms with E-state index in [-0.39, 0.29) is 0 Å². The van der Waals surface area contributed by atoms with Gasteiger partial charge in [-0.1, -0.05) is 6.07 Å². The third-order valence-electron chi connectivity index (χ3n) is 2.42. The van der Waals surface area contributed by atoms with Gasteiger partial charge in [-0.2, -0.15) is 0 Å². The van der Waals surface area contributed by atoms with Gasteiger partial charge >= 0.3 is 0 Å². The maximum atomic E-state index is 5.74. The van der Waals surface area contributed by atoms with Crippen molar-refractivity contribution in [1.82, 2.24) is 10.3 Å². The van der Waals surface area contributed by atoms with E-state index < -0.39 is 0 Å². The van der Waals surface area contributed by atoms with E-state index >= 15 is 0 Å². The number of nitrogens with zero attached hydrogens (tertiary/aromatic N) is 1. The minimum Gasteiger partial charge on any atom is -0.473 e. The van der Waals surface area contributed by atoms with Crippen LogP contribution in [-0.2, 0) is 0 Å². The molecule has 1 fully saturated rings. The van der Waals surface area contributed by atoms with Gasteiger partial charge in [0.1, 0.15) is 6.10 Å². The summed E-state index contributed by atoms with van der Waals surface area (Å²) >= 11 is 0. The van der Waals surface area contributed by atoms with Crippen molar-refractivity contribution in [3.63, 3.8) is 0 Å². The third kappa shape index (κ3) is 2.45. The van der Waals surface area contributed by atoms with Crippen LogP contribution >= 0.6 is 0 Å². The standard InChI is InChI=1S/C11H16N2O/c1-9-4-5-11(13-7-9)14-10-3-2-6-12-8-10/h4-5,7,10,12H,2-3,6,8H2,1H3/t10-/m1/s1. The molecule has 1 aromatic rings. The van der Waals surface area contributed by atoms with Crippen LogP contribution in [0, 0.1) is 6.92 Å². The fourth-order valence-electron chi connectivity index (χ4n) is 1.62. The van der Waals surface area contributed by atoms with Crippen molar-refractivity contribution >= 4 is 0 Å². The van der Waals surface area contributed by atoms with E-state index in [1.807, 2.05) is 25.3 Å². The lowest BCUT2D eigenvalue weighted by atomic mass is 10.1. The fourth-order valence-corrected chi connectivity index (χ4v) is 1.62. The second kappa shape index (κ2) is 4.42. The topological polar surface area (TPSA) is 34.1 Å². The number of pyridine rings is 1. The number of hydrogen-bond acceptors (Lipinski definition) is 3. The van der Waals surface area contributed by atoms with Crippen LogP contribution in [0.1, 0.15) is 18.4 Å². The van der Waals surface area contributed by atoms with E-state index in [1.54, 1.807) is 0 Å². The zero-order valence-corrected chi connectivity index (χ0v) is 8.49. The van der Waals surface area contributed by atoms with Crippen LogP contribution in [0.4, 0.5) is 0 Å². The Kier molecular flexibility index (Phi) is 2.99. The zero-order chi connectivity index (χ0) is 9.80. The monoisotopic (exact) mass is 192 g/mol. The number of nitrogens with one attached hydrogen (secondary N) is 1. The van der Waals surface area contributed by atoms with E-state index in [2.05, 4.69) is 10.3 Å². The summed E-state index contributed by atoms with van der Waals surface area (Å²) in [5.41, 5.74) is 1.17. The maximum absolute atomic E-state index is 5.74. The molecule has 2 rings (SSSR count). The second-order valence-corrected chi connectivity index (χ2v) is 3.76. The molecule has 1 atom stereocenters. The largest absolute Gasteiger partial charge is 0.473 e. The van der Waals surface area contributed by atoms with Gasteiger partial charge < -0.3 is 10.1 Å². The predicted octanol–water partition coefficient (Wildman–Crippen LogP) is 1.52. The molecule has 3 nitrogen and oxygen atoms in total. The van der Waals surface area contributed by atoms with Gasteiger partial charge in [0.25, 0.3) is 0 Å². The number of ether oxygens (including phenoxy) is 1. The van der Waals surface area contributed by atoms with Gasteiger partial charge in [-0.3, -0.25) is 0 Å². The van der Waals surface area contributed by atoms with Gasteiger partial charge in [0, 0.05) is 18.8 Å². The molecular formula is C11H16N2O. The third-order valence-corrected chi connectivity index (χ3v) is 2.42. The molecule has 0 bridgehead atoms. The molecule has 0 aromatic carbocycles. The van der Waals surface area contributed by atoms with Crippen molar-refractivity contribution in [2.45, 2.75) is 25.9 Å². The molecule has 0 aliphatic carbocycles. The van der Waals surface area contributed by atoms with Crippen LogP contribution in [0.25, 0.3) is 0 Å². The average Bonchev–Trinajstić information content (AvgIpc) is 2.23. The summed E-state index contributed by atoms with van der Waals surface area (Å²) in [5.74, 6) is 0.740. The van der Waals surface area contributed by atoms with Gasteiger partial charge in [-0.15, -0.1) is 0 Å². The number of hydrogen-bond donors (Lipinski definition) is 1. The van der Waals surface area contributed by atoms with Gasteiger partial charge in [0.05, 0.1) is 0 Å². The molecule has 14 heavy (non-hydrogen) atoms. The van der Waals surface area contributed by atoms with E-state index in [0.29, 0.717) is 6.10 Å². The first-order valence-electron chi connectivity index (χ1n) is 5.14. The van der Waals surface area contributed by atoms with Gasteiger partial charge in [-0.25, -0.2) is 4.98 Å². The van der Waals surface area contributed by atoms with Crippen molar-refractivity contribution < 1.29 is 4.74 Å². The minimum atomic E-state index is 0.291. The first kappa shape index (κ1) is 9.46. The second-order valence-electron chi connectivity index (χ2n) is 3.76. The highest BCUT2D eigenvalue weighted by Gasteiger charge is 2.14. The highest BCUT2D eigenvalue weighted by molar-refractivity contribution is 5.16. The summed E-state index contributed by atoms with van der Waals surface area (Å²) in [5, 5.41) is 3.31. The summed E-state index contributed by atoms with van der Waals surface area (Å²) in [6.07, 6.45) is 4.45. The number of piperidine rings is 1. The molecule has 0 radical (unpaired) electrons. The lowest BCUT2D eigenvalue weighted by molar-refractivity contribution is 0.160. The fraction of sp³-hybridized carbons (Fsp3) is 0.545. The van der Waals surface area contributed by atoms with Crippen molar-refractivity contribution in [3.05, 3.63) is 23.9 Å². The number of aromatic nitrogens is 1. The molecule has 76 valence electrons. The van der Waals surface area contributed by atoms with Crippen LogP contribution in [0.15, 0.2) is 18.3 Å². The highest BCUT2D eigenvalue weighted by Crippen LogP contribution is 2.12. The Bertz CT molecular complexity index is 278.